The van der Waals surface area contributed by atoms with Crippen LogP contribution in [-0.2, 0) is 0 Å². The van der Waals surface area contributed by atoms with Gasteiger partial charge in [-0.15, -0.1) is 0 Å². The maximum Gasteiger partial charge on any atom is 0.277 e. The van der Waals surface area contributed by atoms with E-state index in [2.05, 4.69) is 30.5 Å². The lowest BCUT2D eigenvalue weighted by molar-refractivity contribution is 0.102. The van der Waals surface area contributed by atoms with E-state index in [-0.39, 0.29) is 11.6 Å². The number of rotatable bonds is 3. The fourth-order valence-corrected chi connectivity index (χ4v) is 2.52. The average molecular weight is 331 g/mol. The molecule has 122 valence electrons. The second-order valence-corrected chi connectivity index (χ2v) is 5.38. The van der Waals surface area contributed by atoms with Gasteiger partial charge in [0, 0.05) is 35.7 Å². The molecule has 0 spiro atoms. The van der Waals surface area contributed by atoms with Crippen molar-refractivity contribution in [3.05, 3.63) is 60.9 Å². The summed E-state index contributed by atoms with van der Waals surface area (Å²) in [6, 6.07) is 7.48. The molecule has 4 rings (SSSR count). The minimum absolute atomic E-state index is 0.277. The molecule has 3 heterocycles. The van der Waals surface area contributed by atoms with Crippen LogP contribution in [0.15, 0.2) is 55.2 Å². The number of carbonyl (C=O) groups excluding carboxylic acids is 1. The van der Waals surface area contributed by atoms with E-state index in [1.54, 1.807) is 12.4 Å². The predicted octanol–water partition coefficient (Wildman–Crippen LogP) is 2.25. The number of hydrogen-bond donors (Lipinski definition) is 3. The third kappa shape index (κ3) is 2.88. The normalized spacial score (nSPS) is 10.7. The Labute approximate surface area is 142 Å². The third-order valence-electron chi connectivity index (χ3n) is 3.68. The summed E-state index contributed by atoms with van der Waals surface area (Å²) in [6.07, 6.45) is 7.81. The summed E-state index contributed by atoms with van der Waals surface area (Å²) in [5.74, 6) is -0.00515. The molecule has 0 fully saturated rings. The van der Waals surface area contributed by atoms with Crippen molar-refractivity contribution in [1.82, 2.24) is 25.1 Å². The number of anilines is 2. The lowest BCUT2D eigenvalue weighted by Gasteiger charge is -2.04. The molecule has 0 aliphatic heterocycles. The summed E-state index contributed by atoms with van der Waals surface area (Å²) in [6.45, 7) is 0. The molecule has 4 N–H and O–H groups in total. The van der Waals surface area contributed by atoms with E-state index in [1.807, 2.05) is 24.3 Å². The zero-order chi connectivity index (χ0) is 17.2. The minimum Gasteiger partial charge on any atom is -0.397 e. The van der Waals surface area contributed by atoms with Crippen molar-refractivity contribution in [3.63, 3.8) is 0 Å². The number of nitrogens with two attached hydrogens (primary N) is 1. The fraction of sp³-hybridized carbons (Fsp3) is 0. The number of nitrogen functional groups attached to an aromatic ring is 1. The molecular formula is C17H13N7O. The first-order valence-electron chi connectivity index (χ1n) is 7.47. The van der Waals surface area contributed by atoms with Crippen molar-refractivity contribution in [1.29, 1.82) is 0 Å². The summed E-state index contributed by atoms with van der Waals surface area (Å²) < 4.78 is 0. The van der Waals surface area contributed by atoms with Gasteiger partial charge in [-0.3, -0.25) is 19.9 Å². The van der Waals surface area contributed by atoms with Crippen LogP contribution in [0.1, 0.15) is 10.5 Å². The first-order valence-corrected chi connectivity index (χ1v) is 7.47. The van der Waals surface area contributed by atoms with E-state index < -0.39 is 0 Å². The molecule has 0 atom stereocenters. The molecule has 8 nitrogen and oxygen atoms in total. The number of aromatic nitrogens is 5. The van der Waals surface area contributed by atoms with E-state index in [9.17, 15) is 4.79 Å². The highest BCUT2D eigenvalue weighted by Crippen LogP contribution is 2.26. The summed E-state index contributed by atoms with van der Waals surface area (Å²) in [7, 11) is 0. The van der Waals surface area contributed by atoms with E-state index in [4.69, 9.17) is 5.73 Å². The number of amides is 1. The van der Waals surface area contributed by atoms with Crippen LogP contribution < -0.4 is 11.1 Å². The van der Waals surface area contributed by atoms with Crippen LogP contribution in [0.4, 0.5) is 11.5 Å². The van der Waals surface area contributed by atoms with Gasteiger partial charge in [-0.25, -0.2) is 4.98 Å². The van der Waals surface area contributed by atoms with Crippen LogP contribution in [0.25, 0.3) is 22.0 Å². The molecule has 0 radical (unpaired) electrons. The summed E-state index contributed by atoms with van der Waals surface area (Å²) in [5, 5.41) is 10.3. The quantitative estimate of drug-likeness (QED) is 0.529. The number of H-pyrrole nitrogens is 1. The Kier molecular flexibility index (Phi) is 3.55. The number of nitrogens with one attached hydrogen (secondary N) is 2. The molecule has 4 aromatic rings. The predicted molar refractivity (Wildman–Crippen MR) is 93.7 cm³/mol. The maximum absolute atomic E-state index is 12.5. The topological polar surface area (TPSA) is 122 Å². The number of carbonyl (C=O) groups is 1. The van der Waals surface area contributed by atoms with Crippen LogP contribution >= 0.6 is 0 Å². The Balaban J connectivity index is 1.73. The molecule has 0 aliphatic carbocycles. The smallest absolute Gasteiger partial charge is 0.277 e. The molecule has 1 amide bonds. The molecule has 25 heavy (non-hydrogen) atoms. The number of fused-ring (bicyclic) bond motifs is 1. The number of pyridine rings is 1. The Morgan fingerprint density at radius 3 is 2.76 bits per heavy atom. The number of benzene rings is 1. The highest BCUT2D eigenvalue weighted by Gasteiger charge is 2.15. The van der Waals surface area contributed by atoms with Crippen LogP contribution in [-0.4, -0.2) is 31.1 Å². The average Bonchev–Trinajstić information content (AvgIpc) is 3.06. The molecule has 0 bridgehead atoms. The van der Waals surface area contributed by atoms with E-state index in [0.717, 1.165) is 16.6 Å². The Bertz CT molecular complexity index is 1060. The lowest BCUT2D eigenvalue weighted by atomic mass is 10.0. The third-order valence-corrected chi connectivity index (χ3v) is 3.68. The van der Waals surface area contributed by atoms with Crippen molar-refractivity contribution in [2.45, 2.75) is 0 Å². The second kappa shape index (κ2) is 6.00. The van der Waals surface area contributed by atoms with Crippen LogP contribution in [0.3, 0.4) is 0 Å². The van der Waals surface area contributed by atoms with Gasteiger partial charge < -0.3 is 11.1 Å². The Morgan fingerprint density at radius 1 is 1.04 bits per heavy atom. The zero-order valence-electron chi connectivity index (χ0n) is 13.0. The zero-order valence-corrected chi connectivity index (χ0v) is 13.0. The first-order chi connectivity index (χ1) is 12.2. The van der Waals surface area contributed by atoms with Crippen molar-refractivity contribution in [3.8, 4) is 11.1 Å². The highest BCUT2D eigenvalue weighted by molar-refractivity contribution is 6.11. The van der Waals surface area contributed by atoms with E-state index in [1.165, 1.54) is 18.6 Å². The Morgan fingerprint density at radius 2 is 1.96 bits per heavy atom. The van der Waals surface area contributed by atoms with Gasteiger partial charge in [0.25, 0.3) is 5.91 Å². The molecule has 1 aromatic carbocycles. The second-order valence-electron chi connectivity index (χ2n) is 5.38. The maximum atomic E-state index is 12.5. The summed E-state index contributed by atoms with van der Waals surface area (Å²) >= 11 is 0. The molecule has 0 unspecified atom stereocenters. The van der Waals surface area contributed by atoms with Gasteiger partial charge in [0.15, 0.2) is 11.5 Å². The van der Waals surface area contributed by atoms with Gasteiger partial charge in [0.1, 0.15) is 0 Å². The van der Waals surface area contributed by atoms with Crippen molar-refractivity contribution < 1.29 is 4.79 Å². The van der Waals surface area contributed by atoms with Gasteiger partial charge in [-0.2, -0.15) is 5.10 Å². The van der Waals surface area contributed by atoms with Crippen LogP contribution in [0.2, 0.25) is 0 Å². The first kappa shape index (κ1) is 14.8. The molecule has 0 saturated heterocycles. The Hall–Kier alpha value is -3.81. The molecule has 8 heteroatoms. The van der Waals surface area contributed by atoms with Crippen LogP contribution in [0, 0.1) is 0 Å². The number of nitrogens with zero attached hydrogens (tertiary/aromatic N) is 4. The molecular weight excluding hydrogens is 318 g/mol. The van der Waals surface area contributed by atoms with Crippen molar-refractivity contribution in [2.24, 2.45) is 0 Å². The van der Waals surface area contributed by atoms with E-state index in [0.29, 0.717) is 16.9 Å². The van der Waals surface area contributed by atoms with Crippen molar-refractivity contribution in [2.75, 3.05) is 11.1 Å². The van der Waals surface area contributed by atoms with Gasteiger partial charge >= 0.3 is 0 Å². The number of hydrogen-bond acceptors (Lipinski definition) is 6. The molecule has 0 aliphatic rings. The van der Waals surface area contributed by atoms with Gasteiger partial charge in [0.2, 0.25) is 0 Å². The van der Waals surface area contributed by atoms with Gasteiger partial charge in [-0.1, -0.05) is 6.07 Å². The highest BCUT2D eigenvalue weighted by atomic mass is 16.2. The summed E-state index contributed by atoms with van der Waals surface area (Å²) in [5.41, 5.74) is 9.16. The van der Waals surface area contributed by atoms with Crippen LogP contribution in [0.5, 0.6) is 0 Å². The summed E-state index contributed by atoms with van der Waals surface area (Å²) in [4.78, 5) is 24.5. The SMILES string of the molecule is Nc1cncc(-c2ccc3[nH]nc(C(=O)Nc4cnccn4)c3c2)c1. The van der Waals surface area contributed by atoms with Crippen molar-refractivity contribution >= 4 is 28.3 Å². The van der Waals surface area contributed by atoms with Gasteiger partial charge in [0.05, 0.1) is 17.4 Å². The van der Waals surface area contributed by atoms with Gasteiger partial charge in [-0.05, 0) is 23.8 Å². The molecule has 3 aromatic heterocycles. The van der Waals surface area contributed by atoms with E-state index >= 15 is 0 Å². The minimum atomic E-state index is -0.366. The standard InChI is InChI=1S/C17H13N7O/c18-12-5-11(7-20-8-12)10-1-2-14-13(6-10)16(24-23-14)17(25)22-15-9-19-3-4-21-15/h1-9H,18H2,(H,23,24)(H,21,22,25). The largest absolute Gasteiger partial charge is 0.397 e. The monoisotopic (exact) mass is 331 g/mol. The molecule has 0 saturated carbocycles. The number of aromatic amines is 1. The lowest BCUT2D eigenvalue weighted by Crippen LogP contribution is -2.13. The fourth-order valence-electron chi connectivity index (χ4n) is 2.52.